The van der Waals surface area contributed by atoms with E-state index in [-0.39, 0.29) is 18.1 Å². The number of amides is 1. The van der Waals surface area contributed by atoms with Crippen LogP contribution in [0.2, 0.25) is 0 Å². The second kappa shape index (κ2) is 5.75. The normalized spacial score (nSPS) is 24.2. The van der Waals surface area contributed by atoms with Crippen LogP contribution in [0.3, 0.4) is 0 Å². The fraction of sp³-hybridized carbons (Fsp3) is 0.312. The van der Waals surface area contributed by atoms with Crippen LogP contribution in [0.5, 0.6) is 0 Å². The Labute approximate surface area is 137 Å². The van der Waals surface area contributed by atoms with E-state index in [0.717, 1.165) is 16.9 Å². The molecule has 0 unspecified atom stereocenters. The summed E-state index contributed by atoms with van der Waals surface area (Å²) in [6, 6.07) is 9.27. The number of benzene rings is 1. The van der Waals surface area contributed by atoms with Crippen molar-refractivity contribution in [2.75, 3.05) is 6.54 Å². The van der Waals surface area contributed by atoms with Crippen molar-refractivity contribution in [3.05, 3.63) is 52.0 Å². The predicted octanol–water partition coefficient (Wildman–Crippen LogP) is 1.38. The van der Waals surface area contributed by atoms with E-state index >= 15 is 0 Å². The molecule has 1 aromatic heterocycles. The van der Waals surface area contributed by atoms with E-state index in [9.17, 15) is 19.8 Å². The number of aliphatic hydroxyl groups is 1. The zero-order chi connectivity index (χ0) is 16.6. The number of carboxylic acids is 1. The van der Waals surface area contributed by atoms with Crippen molar-refractivity contribution < 1.29 is 19.8 Å². The largest absolute Gasteiger partial charge is 0.481 e. The van der Waals surface area contributed by atoms with Crippen molar-refractivity contribution in [3.63, 3.8) is 0 Å². The van der Waals surface area contributed by atoms with Crippen LogP contribution >= 0.6 is 11.3 Å². The van der Waals surface area contributed by atoms with Crippen molar-refractivity contribution >= 4 is 23.2 Å². The maximum Gasteiger partial charge on any atom is 0.312 e. The van der Waals surface area contributed by atoms with Crippen molar-refractivity contribution in [2.24, 2.45) is 5.92 Å². The number of thiazole rings is 1. The Morgan fingerprint density at radius 1 is 1.43 bits per heavy atom. The van der Waals surface area contributed by atoms with Crippen molar-refractivity contribution in [1.82, 2.24) is 9.88 Å². The Kier molecular flexibility index (Phi) is 3.91. The quantitative estimate of drug-likeness (QED) is 0.883. The van der Waals surface area contributed by atoms with Gasteiger partial charge in [-0.1, -0.05) is 30.3 Å². The number of rotatable bonds is 4. The second-order valence-electron chi connectivity index (χ2n) is 5.62. The standard InChI is InChI=1S/C16H16N2O4S/c1-10-9-23-14(17-10)16(22)12(13(19)20)8-18(15(16)21)7-11-5-3-2-4-6-11/h2-6,9,12,22H,7-8H2,1H3,(H,19,20)/t12-,16+/m0/s1. The molecule has 7 heteroatoms. The molecule has 0 bridgehead atoms. The number of aromatic nitrogens is 1. The number of likely N-dealkylation sites (tertiary alicyclic amines) is 1. The van der Waals surface area contributed by atoms with Gasteiger partial charge in [0.25, 0.3) is 5.91 Å². The summed E-state index contributed by atoms with van der Waals surface area (Å²) >= 11 is 1.11. The predicted molar refractivity (Wildman–Crippen MR) is 83.7 cm³/mol. The lowest BCUT2D eigenvalue weighted by Gasteiger charge is -2.22. The van der Waals surface area contributed by atoms with Crippen LogP contribution in [0, 0.1) is 12.8 Å². The minimum absolute atomic E-state index is 0.0435. The topological polar surface area (TPSA) is 90.7 Å². The lowest BCUT2D eigenvalue weighted by atomic mass is 9.91. The Bertz CT molecular complexity index is 746. The molecule has 0 saturated carbocycles. The molecule has 1 aliphatic rings. The Morgan fingerprint density at radius 3 is 2.70 bits per heavy atom. The van der Waals surface area contributed by atoms with Crippen molar-refractivity contribution in [1.29, 1.82) is 0 Å². The molecule has 1 aliphatic heterocycles. The molecule has 2 N–H and O–H groups in total. The zero-order valence-corrected chi connectivity index (χ0v) is 13.3. The maximum atomic E-state index is 12.7. The molecule has 1 saturated heterocycles. The van der Waals surface area contributed by atoms with Gasteiger partial charge in [-0.2, -0.15) is 0 Å². The van der Waals surface area contributed by atoms with E-state index in [1.165, 1.54) is 4.90 Å². The third-order valence-electron chi connectivity index (χ3n) is 3.98. The van der Waals surface area contributed by atoms with Gasteiger partial charge in [-0.25, -0.2) is 4.98 Å². The third-order valence-corrected chi connectivity index (χ3v) is 5.06. The molecular weight excluding hydrogens is 316 g/mol. The first-order valence-corrected chi connectivity index (χ1v) is 8.02. The second-order valence-corrected chi connectivity index (χ2v) is 6.48. The molecule has 3 rings (SSSR count). The van der Waals surface area contributed by atoms with Gasteiger partial charge in [0, 0.05) is 24.2 Å². The lowest BCUT2D eigenvalue weighted by molar-refractivity contribution is -0.157. The Balaban J connectivity index is 1.95. The van der Waals surface area contributed by atoms with Crippen molar-refractivity contribution in [3.8, 4) is 0 Å². The summed E-state index contributed by atoms with van der Waals surface area (Å²) in [5.74, 6) is -3.04. The summed E-state index contributed by atoms with van der Waals surface area (Å²) in [6.07, 6.45) is 0. The number of carbonyl (C=O) groups is 2. The molecule has 120 valence electrons. The van der Waals surface area contributed by atoms with Crippen LogP contribution < -0.4 is 0 Å². The van der Waals surface area contributed by atoms with E-state index in [1.54, 1.807) is 12.3 Å². The minimum atomic E-state index is -2.10. The summed E-state index contributed by atoms with van der Waals surface area (Å²) in [6.45, 7) is 1.95. The van der Waals surface area contributed by atoms with Crippen LogP contribution in [0.4, 0.5) is 0 Å². The minimum Gasteiger partial charge on any atom is -0.481 e. The fourth-order valence-electron chi connectivity index (χ4n) is 2.79. The summed E-state index contributed by atoms with van der Waals surface area (Å²) in [4.78, 5) is 29.8. The van der Waals surface area contributed by atoms with Crippen molar-refractivity contribution in [2.45, 2.75) is 19.1 Å². The number of hydrogen-bond donors (Lipinski definition) is 2. The van der Waals surface area contributed by atoms with Gasteiger partial charge >= 0.3 is 5.97 Å². The van der Waals surface area contributed by atoms with E-state index < -0.39 is 23.4 Å². The fourth-order valence-corrected chi connectivity index (χ4v) is 3.73. The average molecular weight is 332 g/mol. The molecule has 0 aliphatic carbocycles. The maximum absolute atomic E-state index is 12.7. The monoisotopic (exact) mass is 332 g/mol. The highest BCUT2D eigenvalue weighted by molar-refractivity contribution is 7.10. The smallest absolute Gasteiger partial charge is 0.312 e. The van der Waals surface area contributed by atoms with Gasteiger partial charge in [-0.05, 0) is 12.5 Å². The highest BCUT2D eigenvalue weighted by atomic mass is 32.1. The molecule has 0 radical (unpaired) electrons. The van der Waals surface area contributed by atoms with Crippen LogP contribution in [-0.2, 0) is 21.7 Å². The number of nitrogens with zero attached hydrogens (tertiary/aromatic N) is 2. The molecule has 1 aromatic carbocycles. The number of hydrogen-bond acceptors (Lipinski definition) is 5. The Hall–Kier alpha value is -2.25. The van der Waals surface area contributed by atoms with Crippen LogP contribution in [0.25, 0.3) is 0 Å². The molecule has 2 heterocycles. The van der Waals surface area contributed by atoms with E-state index in [0.29, 0.717) is 5.69 Å². The highest BCUT2D eigenvalue weighted by Crippen LogP contribution is 2.40. The summed E-state index contributed by atoms with van der Waals surface area (Å²) in [7, 11) is 0. The first-order chi connectivity index (χ1) is 10.9. The SMILES string of the molecule is Cc1csc([C@@]2(O)C(=O)N(Cc3ccccc3)C[C@H]2C(=O)O)n1. The van der Waals surface area contributed by atoms with Gasteiger partial charge in [0.1, 0.15) is 10.9 Å². The first-order valence-electron chi connectivity index (χ1n) is 7.14. The van der Waals surface area contributed by atoms with E-state index in [4.69, 9.17) is 0 Å². The number of carboxylic acid groups (broad SMARTS) is 1. The first kappa shape index (κ1) is 15.6. The number of aliphatic carboxylic acids is 1. The van der Waals surface area contributed by atoms with Gasteiger partial charge in [-0.15, -0.1) is 11.3 Å². The molecule has 1 fully saturated rings. The number of aryl methyl sites for hydroxylation is 1. The highest BCUT2D eigenvalue weighted by Gasteiger charge is 2.59. The van der Waals surface area contributed by atoms with Gasteiger partial charge in [-0.3, -0.25) is 9.59 Å². The van der Waals surface area contributed by atoms with Gasteiger partial charge in [0.05, 0.1) is 0 Å². The van der Waals surface area contributed by atoms with E-state index in [2.05, 4.69) is 4.98 Å². The summed E-state index contributed by atoms with van der Waals surface area (Å²) in [5.41, 5.74) is -0.569. The zero-order valence-electron chi connectivity index (χ0n) is 12.5. The van der Waals surface area contributed by atoms with Crippen LogP contribution in [-0.4, -0.2) is 38.5 Å². The summed E-state index contributed by atoms with van der Waals surface area (Å²) < 4.78 is 0. The Morgan fingerprint density at radius 2 is 2.13 bits per heavy atom. The van der Waals surface area contributed by atoms with E-state index in [1.807, 2.05) is 30.3 Å². The van der Waals surface area contributed by atoms with Gasteiger partial charge < -0.3 is 15.1 Å². The molecule has 23 heavy (non-hydrogen) atoms. The summed E-state index contributed by atoms with van der Waals surface area (Å²) in [5, 5.41) is 22.2. The average Bonchev–Trinajstić information content (AvgIpc) is 3.06. The van der Waals surface area contributed by atoms with Crippen LogP contribution in [0.15, 0.2) is 35.7 Å². The van der Waals surface area contributed by atoms with Crippen LogP contribution in [0.1, 0.15) is 16.3 Å². The molecule has 0 spiro atoms. The molecule has 2 aromatic rings. The molecule has 6 nitrogen and oxygen atoms in total. The molecule has 1 amide bonds. The third kappa shape index (κ3) is 2.62. The van der Waals surface area contributed by atoms with Gasteiger partial charge in [0.15, 0.2) is 0 Å². The number of carbonyl (C=O) groups excluding carboxylic acids is 1. The molecular formula is C16H16N2O4S. The molecule has 2 atom stereocenters. The van der Waals surface area contributed by atoms with Gasteiger partial charge in [0.2, 0.25) is 5.60 Å². The lowest BCUT2D eigenvalue weighted by Crippen LogP contribution is -2.43.